The van der Waals surface area contributed by atoms with Gasteiger partial charge >= 0.3 is 0 Å². The van der Waals surface area contributed by atoms with E-state index < -0.39 is 17.8 Å². The highest BCUT2D eigenvalue weighted by Crippen LogP contribution is 2.25. The van der Waals surface area contributed by atoms with Gasteiger partial charge in [-0.2, -0.15) is 0 Å². The fourth-order valence-electron chi connectivity index (χ4n) is 3.13. The molecule has 0 aliphatic carbocycles. The Kier molecular flexibility index (Phi) is 9.60. The Morgan fingerprint density at radius 3 is 2.35 bits per heavy atom. The molecule has 0 spiro atoms. The molecule has 0 radical (unpaired) electrons. The van der Waals surface area contributed by atoms with Gasteiger partial charge in [0.05, 0.1) is 16.5 Å². The first-order valence-corrected chi connectivity index (χ1v) is 11.2. The van der Waals surface area contributed by atoms with Crippen molar-refractivity contribution in [1.82, 2.24) is 10.2 Å². The van der Waals surface area contributed by atoms with Gasteiger partial charge in [-0.15, -0.1) is 0 Å². The number of hydrogen-bond acceptors (Lipinski definition) is 2. The summed E-state index contributed by atoms with van der Waals surface area (Å²) >= 11 is 18.2. The number of amides is 2. The highest BCUT2D eigenvalue weighted by atomic mass is 35.5. The van der Waals surface area contributed by atoms with E-state index in [9.17, 15) is 14.0 Å². The normalized spacial score (nSPS) is 12.0. The second-order valence-electron chi connectivity index (χ2n) is 7.71. The Morgan fingerprint density at radius 2 is 1.77 bits per heavy atom. The maximum atomic E-state index is 14.3. The quantitative estimate of drug-likeness (QED) is 0.478. The van der Waals surface area contributed by atoms with Crippen molar-refractivity contribution in [3.8, 4) is 0 Å². The third-order valence-corrected chi connectivity index (χ3v) is 5.89. The molecule has 0 aromatic heterocycles. The van der Waals surface area contributed by atoms with Crippen LogP contribution >= 0.6 is 34.8 Å². The Labute approximate surface area is 197 Å². The van der Waals surface area contributed by atoms with E-state index in [1.807, 2.05) is 20.8 Å². The van der Waals surface area contributed by atoms with Crippen LogP contribution in [0.15, 0.2) is 36.4 Å². The van der Waals surface area contributed by atoms with Crippen LogP contribution in [0, 0.1) is 11.7 Å². The lowest BCUT2D eigenvalue weighted by molar-refractivity contribution is -0.141. The minimum absolute atomic E-state index is 0.103. The zero-order chi connectivity index (χ0) is 23.1. The summed E-state index contributed by atoms with van der Waals surface area (Å²) in [5, 5.41) is 3.79. The highest BCUT2D eigenvalue weighted by molar-refractivity contribution is 6.42. The number of nitrogens with one attached hydrogen (secondary N) is 1. The van der Waals surface area contributed by atoms with Crippen molar-refractivity contribution >= 4 is 46.6 Å². The Balaban J connectivity index is 2.36. The average molecular weight is 488 g/mol. The SMILES string of the molecule is CC[C@@H](C(=O)NCC(C)C)N(Cc1ccc(Cl)c(Cl)c1)C(=O)Cc1c(F)cccc1Cl. The van der Waals surface area contributed by atoms with Gasteiger partial charge in [0, 0.05) is 23.7 Å². The summed E-state index contributed by atoms with van der Waals surface area (Å²) < 4.78 is 14.3. The molecule has 0 unspecified atom stereocenters. The fourth-order valence-corrected chi connectivity index (χ4v) is 3.68. The van der Waals surface area contributed by atoms with Crippen molar-refractivity contribution in [2.24, 2.45) is 5.92 Å². The first-order valence-electron chi connectivity index (χ1n) is 10.1. The van der Waals surface area contributed by atoms with E-state index in [0.717, 1.165) is 0 Å². The van der Waals surface area contributed by atoms with Gasteiger partial charge in [-0.3, -0.25) is 9.59 Å². The van der Waals surface area contributed by atoms with Crippen molar-refractivity contribution in [2.75, 3.05) is 6.54 Å². The maximum Gasteiger partial charge on any atom is 0.242 e. The molecule has 0 saturated heterocycles. The van der Waals surface area contributed by atoms with Crippen LogP contribution in [0.5, 0.6) is 0 Å². The highest BCUT2D eigenvalue weighted by Gasteiger charge is 2.29. The number of benzene rings is 2. The number of rotatable bonds is 9. The van der Waals surface area contributed by atoms with E-state index in [2.05, 4.69) is 5.32 Å². The largest absolute Gasteiger partial charge is 0.354 e. The van der Waals surface area contributed by atoms with Crippen molar-refractivity contribution in [2.45, 2.75) is 46.2 Å². The van der Waals surface area contributed by atoms with Crippen LogP contribution in [0.25, 0.3) is 0 Å². The standard InChI is InChI=1S/C23H26Cl3FN2O2/c1-4-21(23(31)28-12-14(2)3)29(13-15-8-9-18(25)19(26)10-15)22(30)11-16-17(24)6-5-7-20(16)27/h5-10,14,21H,4,11-13H2,1-3H3,(H,28,31)/t21-/m0/s1. The lowest BCUT2D eigenvalue weighted by Crippen LogP contribution is -2.50. The summed E-state index contributed by atoms with van der Waals surface area (Å²) in [5.74, 6) is -0.973. The molecular formula is C23H26Cl3FN2O2. The zero-order valence-corrected chi connectivity index (χ0v) is 20.0. The van der Waals surface area contributed by atoms with E-state index >= 15 is 0 Å². The minimum Gasteiger partial charge on any atom is -0.354 e. The molecule has 2 aromatic carbocycles. The molecule has 4 nitrogen and oxygen atoms in total. The van der Waals surface area contributed by atoms with Gasteiger partial charge < -0.3 is 10.2 Å². The fraction of sp³-hybridized carbons (Fsp3) is 0.391. The molecule has 168 valence electrons. The Hall–Kier alpha value is -1.82. The molecule has 0 heterocycles. The molecular weight excluding hydrogens is 462 g/mol. The van der Waals surface area contributed by atoms with E-state index in [4.69, 9.17) is 34.8 Å². The summed E-state index contributed by atoms with van der Waals surface area (Å²) in [5.41, 5.74) is 0.809. The second-order valence-corrected chi connectivity index (χ2v) is 8.93. The van der Waals surface area contributed by atoms with Crippen LogP contribution in [0.1, 0.15) is 38.3 Å². The molecule has 1 atom stereocenters. The average Bonchev–Trinajstić information content (AvgIpc) is 2.71. The predicted octanol–water partition coefficient (Wildman–Crippen LogP) is 5.91. The van der Waals surface area contributed by atoms with Crippen LogP contribution in [-0.2, 0) is 22.6 Å². The lowest BCUT2D eigenvalue weighted by atomic mass is 10.1. The lowest BCUT2D eigenvalue weighted by Gasteiger charge is -2.31. The Bertz CT molecular complexity index is 917. The molecule has 0 bridgehead atoms. The van der Waals surface area contributed by atoms with Gasteiger partial charge in [0.15, 0.2) is 0 Å². The molecule has 2 amide bonds. The van der Waals surface area contributed by atoms with Gasteiger partial charge in [-0.05, 0) is 42.2 Å². The third kappa shape index (κ3) is 7.09. The predicted molar refractivity (Wildman–Crippen MR) is 124 cm³/mol. The summed E-state index contributed by atoms with van der Waals surface area (Å²) in [6.07, 6.45) is 0.128. The van der Waals surface area contributed by atoms with E-state index in [-0.39, 0.29) is 35.4 Å². The molecule has 8 heteroatoms. The monoisotopic (exact) mass is 486 g/mol. The maximum absolute atomic E-state index is 14.3. The van der Waals surface area contributed by atoms with Crippen molar-refractivity contribution in [1.29, 1.82) is 0 Å². The van der Waals surface area contributed by atoms with Crippen LogP contribution in [0.3, 0.4) is 0 Å². The van der Waals surface area contributed by atoms with Gasteiger partial charge in [0.1, 0.15) is 11.9 Å². The van der Waals surface area contributed by atoms with Crippen LogP contribution in [-0.4, -0.2) is 29.3 Å². The van der Waals surface area contributed by atoms with Gasteiger partial charge in [0.25, 0.3) is 0 Å². The summed E-state index contributed by atoms with van der Waals surface area (Å²) in [4.78, 5) is 27.6. The minimum atomic E-state index is -0.730. The molecule has 0 aliphatic rings. The Morgan fingerprint density at radius 1 is 1.06 bits per heavy atom. The summed E-state index contributed by atoms with van der Waals surface area (Å²) in [7, 11) is 0. The molecule has 2 rings (SSSR count). The summed E-state index contributed by atoms with van der Waals surface area (Å²) in [6.45, 7) is 6.41. The van der Waals surface area contributed by atoms with Gasteiger partial charge in [0.2, 0.25) is 11.8 Å². The van der Waals surface area contributed by atoms with Crippen molar-refractivity contribution in [3.63, 3.8) is 0 Å². The van der Waals surface area contributed by atoms with Crippen LogP contribution < -0.4 is 5.32 Å². The number of carbonyl (C=O) groups excluding carboxylic acids is 2. The molecule has 31 heavy (non-hydrogen) atoms. The number of carbonyl (C=O) groups is 2. The number of hydrogen-bond donors (Lipinski definition) is 1. The molecule has 1 N–H and O–H groups in total. The van der Waals surface area contributed by atoms with E-state index in [1.165, 1.54) is 23.1 Å². The van der Waals surface area contributed by atoms with Crippen molar-refractivity contribution in [3.05, 3.63) is 68.4 Å². The third-order valence-electron chi connectivity index (χ3n) is 4.80. The summed E-state index contributed by atoms with van der Waals surface area (Å²) in [6, 6.07) is 8.56. The smallest absolute Gasteiger partial charge is 0.242 e. The topological polar surface area (TPSA) is 49.4 Å². The zero-order valence-electron chi connectivity index (χ0n) is 17.7. The molecule has 0 fully saturated rings. The van der Waals surface area contributed by atoms with Crippen LogP contribution in [0.2, 0.25) is 15.1 Å². The number of nitrogens with zero attached hydrogens (tertiary/aromatic N) is 1. The molecule has 0 saturated carbocycles. The molecule has 0 aliphatic heterocycles. The second kappa shape index (κ2) is 11.7. The van der Waals surface area contributed by atoms with Gasteiger partial charge in [-0.25, -0.2) is 4.39 Å². The van der Waals surface area contributed by atoms with E-state index in [1.54, 1.807) is 18.2 Å². The van der Waals surface area contributed by atoms with Crippen molar-refractivity contribution < 1.29 is 14.0 Å². The molecule has 2 aromatic rings. The number of halogens is 4. The van der Waals surface area contributed by atoms with Crippen LogP contribution in [0.4, 0.5) is 4.39 Å². The van der Waals surface area contributed by atoms with Gasteiger partial charge in [-0.1, -0.05) is 67.7 Å². The first-order chi connectivity index (χ1) is 14.6. The first kappa shape index (κ1) is 25.4. The van der Waals surface area contributed by atoms with E-state index in [0.29, 0.717) is 28.6 Å².